The number of hydrogen-bond acceptors (Lipinski definition) is 19. The Labute approximate surface area is 547 Å². The molecular weight excluding hydrogens is 1250 g/mol. The van der Waals surface area contributed by atoms with Crippen molar-refractivity contribution < 1.29 is 91.5 Å². The number of urea groups is 1. The van der Waals surface area contributed by atoms with Crippen molar-refractivity contribution in [2.24, 2.45) is 5.73 Å². The monoisotopic (exact) mass is 1340 g/mol. The molecule has 2 saturated heterocycles. The lowest BCUT2D eigenvalue weighted by atomic mass is 10.0. The summed E-state index contributed by atoms with van der Waals surface area (Å²) in [7, 11) is 0. The molecule has 94 heavy (non-hydrogen) atoms. The fourth-order valence-electron chi connectivity index (χ4n) is 10.2. The highest BCUT2D eigenvalue weighted by molar-refractivity contribution is 8.00. The second-order valence-corrected chi connectivity index (χ2v) is 23.6. The molecule has 7 atom stereocenters. The second kappa shape index (κ2) is 42.5. The molecular formula is C61H89N13O19S. The van der Waals surface area contributed by atoms with Gasteiger partial charge in [-0.15, -0.1) is 0 Å². The SMILES string of the molecule is NC(=O)[C@H](CCCCNC(=O)CCCC[C@@H]1SCC2NC(=O)NC21)NC(=O)COCCOCCNC(=O)COCCOCCNC(=O)C(/C=C/O)NC(=O)[C@H](CC(=O)O)NC(=O)[C@@H](CCCCNC(=O)CCN1C(=O)C=CC1=O)NC(=O)CCCc1c[nH]c2ccccc12. The number of aliphatic hydroxyl groups excluding tert-OH is 1. The van der Waals surface area contributed by atoms with Gasteiger partial charge >= 0.3 is 12.0 Å². The van der Waals surface area contributed by atoms with Crippen LogP contribution in [0, 0.1) is 0 Å². The number of H-pyrrole nitrogens is 1. The first-order chi connectivity index (χ1) is 45.3. The molecule has 32 nitrogen and oxygen atoms in total. The number of carbonyl (C=O) groups excluding carboxylic acids is 12. The van der Waals surface area contributed by atoms with Crippen LogP contribution in [0.15, 0.2) is 55.0 Å². The first-order valence-electron chi connectivity index (χ1n) is 31.5. The maximum atomic E-state index is 13.8. The Morgan fingerprint density at radius 3 is 1.91 bits per heavy atom. The van der Waals surface area contributed by atoms with Crippen LogP contribution < -0.4 is 58.9 Å². The molecule has 1 aromatic heterocycles. The fourth-order valence-corrected chi connectivity index (χ4v) is 11.7. The number of aryl methyl sites for hydroxylation is 1. The van der Waals surface area contributed by atoms with Crippen molar-refractivity contribution in [2.75, 3.05) is 91.3 Å². The Morgan fingerprint density at radius 1 is 0.628 bits per heavy atom. The second-order valence-electron chi connectivity index (χ2n) is 22.3. The highest BCUT2D eigenvalue weighted by Gasteiger charge is 2.42. The minimum atomic E-state index is -1.76. The zero-order valence-corrected chi connectivity index (χ0v) is 53.3. The number of aliphatic hydroxyl groups is 1. The number of primary amides is 1. The molecule has 0 bridgehead atoms. The number of para-hydroxylation sites is 1. The van der Waals surface area contributed by atoms with Crippen molar-refractivity contribution in [2.45, 2.75) is 138 Å². The number of carbonyl (C=O) groups is 13. The van der Waals surface area contributed by atoms with Crippen LogP contribution in [0.2, 0.25) is 0 Å². The number of imide groups is 1. The van der Waals surface area contributed by atoms with E-state index in [-0.39, 0.29) is 135 Å². The molecule has 13 amide bonds. The number of carboxylic acids is 1. The normalized spacial score (nSPS) is 16.9. The van der Waals surface area contributed by atoms with E-state index in [1.54, 1.807) is 0 Å². The summed E-state index contributed by atoms with van der Waals surface area (Å²) in [5, 5.41) is 47.1. The quantitative estimate of drug-likeness (QED) is 0.0153. The number of aromatic amines is 1. The number of thioether (sulfide) groups is 1. The third-order valence-electron chi connectivity index (χ3n) is 15.1. The number of aromatic nitrogens is 1. The Balaban J connectivity index is 0.895. The van der Waals surface area contributed by atoms with Crippen molar-refractivity contribution in [3.05, 3.63) is 60.5 Å². The van der Waals surface area contributed by atoms with Crippen molar-refractivity contribution in [1.82, 2.24) is 63.1 Å². The lowest BCUT2D eigenvalue weighted by Crippen LogP contribution is -2.57. The third-order valence-corrected chi connectivity index (χ3v) is 16.6. The number of benzene rings is 1. The number of ether oxygens (including phenoxy) is 4. The number of aliphatic carboxylic acids is 1. The molecule has 0 saturated carbocycles. The van der Waals surface area contributed by atoms with E-state index in [1.807, 2.05) is 42.2 Å². The van der Waals surface area contributed by atoms with E-state index >= 15 is 0 Å². The van der Waals surface area contributed by atoms with E-state index < -0.39 is 95.6 Å². The van der Waals surface area contributed by atoms with E-state index in [2.05, 4.69) is 58.2 Å². The van der Waals surface area contributed by atoms with Crippen molar-refractivity contribution in [3.63, 3.8) is 0 Å². The van der Waals surface area contributed by atoms with Gasteiger partial charge in [0.25, 0.3) is 11.8 Å². The lowest BCUT2D eigenvalue weighted by Gasteiger charge is -2.24. The number of fused-ring (bicyclic) bond motifs is 2. The molecule has 33 heteroatoms. The molecule has 1 aromatic carbocycles. The standard InChI is InChI=1S/C61H89N13O19S/c62-57(85)42(13-5-7-22-63-48(76)16-4-3-15-47-56-46(38-94-47)72-61(89)73-56)68-52(80)37-93-33-31-90-28-24-65-51(79)36-92-32-30-91-29-25-66-58(86)44(21-27-75)70-60(88)45(34-55(83)84)71-59(87)43(14-6-8-23-64-49(77)20-26-74-53(81)18-19-54(74)82)69-50(78)17-9-10-39-35-67-41-12-2-1-11-40(39)41/h1-2,11-12,18-19,21,27,35,42-47,56,67,75H,3-10,13-17,20,22-26,28-34,36-38H2,(H2,62,85)(H,63,76)(H,64,77)(H,65,79)(H,66,86)(H,68,80)(H,69,78)(H,70,88)(H,71,87)(H,83,84)(H2,72,73,89)/b27-21+/t42-,43+,44?,45-,46?,47-,56?/m0/s1. The van der Waals surface area contributed by atoms with Gasteiger partial charge in [-0.3, -0.25) is 62.4 Å². The van der Waals surface area contributed by atoms with Gasteiger partial charge in [-0.05, 0) is 81.9 Å². The van der Waals surface area contributed by atoms with Crippen LogP contribution in [0.1, 0.15) is 95.5 Å². The van der Waals surface area contributed by atoms with Gasteiger partial charge in [0.15, 0.2) is 0 Å². The first-order valence-corrected chi connectivity index (χ1v) is 32.5. The van der Waals surface area contributed by atoms with E-state index in [0.29, 0.717) is 56.6 Å². The average molecular weight is 1340 g/mol. The number of nitrogens with two attached hydrogens (primary N) is 1. The predicted molar refractivity (Wildman–Crippen MR) is 340 cm³/mol. The van der Waals surface area contributed by atoms with Crippen LogP contribution >= 0.6 is 11.8 Å². The minimum Gasteiger partial charge on any atom is -0.516 e. The smallest absolute Gasteiger partial charge is 0.315 e. The first kappa shape index (κ1) is 76.1. The zero-order chi connectivity index (χ0) is 68.0. The molecule has 4 heterocycles. The molecule has 2 aromatic rings. The number of nitrogens with one attached hydrogen (secondary N) is 11. The van der Waals surface area contributed by atoms with Crippen LogP contribution in [0.4, 0.5) is 4.79 Å². The van der Waals surface area contributed by atoms with Gasteiger partial charge in [0.2, 0.25) is 53.2 Å². The number of hydrogen-bond donors (Lipinski definition) is 14. The highest BCUT2D eigenvalue weighted by atomic mass is 32.2. The van der Waals surface area contributed by atoms with Gasteiger partial charge in [-0.25, -0.2) is 4.79 Å². The van der Waals surface area contributed by atoms with Crippen LogP contribution in [-0.4, -0.2) is 230 Å². The summed E-state index contributed by atoms with van der Waals surface area (Å²) in [4.78, 5) is 166. The van der Waals surface area contributed by atoms with Crippen molar-refractivity contribution >= 4 is 99.6 Å². The number of rotatable bonds is 49. The van der Waals surface area contributed by atoms with Gasteiger partial charge in [0.1, 0.15) is 37.4 Å². The maximum Gasteiger partial charge on any atom is 0.315 e. The Kier molecular flexibility index (Phi) is 34.4. The molecule has 518 valence electrons. The molecule has 3 unspecified atom stereocenters. The molecule has 3 aliphatic rings. The molecule has 2 fully saturated rings. The summed E-state index contributed by atoms with van der Waals surface area (Å²) in [5.41, 5.74) is 7.42. The summed E-state index contributed by atoms with van der Waals surface area (Å²) >= 11 is 1.84. The van der Waals surface area contributed by atoms with Gasteiger partial charge in [-0.2, -0.15) is 11.8 Å². The molecule has 0 aliphatic carbocycles. The van der Waals surface area contributed by atoms with Gasteiger partial charge in [-0.1, -0.05) is 24.6 Å². The van der Waals surface area contributed by atoms with Gasteiger partial charge < -0.3 is 93.0 Å². The molecule has 0 radical (unpaired) electrons. The summed E-state index contributed by atoms with van der Waals surface area (Å²) in [6, 6.07) is 2.36. The van der Waals surface area contributed by atoms with Gasteiger partial charge in [0.05, 0.1) is 64.4 Å². The van der Waals surface area contributed by atoms with Crippen LogP contribution in [0.3, 0.4) is 0 Å². The molecule has 0 spiro atoms. The number of unbranched alkanes of at least 4 members (excludes halogenated alkanes) is 3. The summed E-state index contributed by atoms with van der Waals surface area (Å²) in [5.74, 6) is -7.16. The van der Waals surface area contributed by atoms with Crippen molar-refractivity contribution in [3.8, 4) is 0 Å². The largest absolute Gasteiger partial charge is 0.516 e. The van der Waals surface area contributed by atoms with E-state index in [0.717, 1.165) is 64.6 Å². The lowest BCUT2D eigenvalue weighted by molar-refractivity contribution is -0.141. The summed E-state index contributed by atoms with van der Waals surface area (Å²) in [6.07, 6.45) is 10.3. The molecule has 3 aliphatic heterocycles. The Bertz CT molecular complexity index is 2930. The number of nitrogens with zero attached hydrogens (tertiary/aromatic N) is 1. The zero-order valence-electron chi connectivity index (χ0n) is 52.5. The van der Waals surface area contributed by atoms with Crippen LogP contribution in [-0.2, 0) is 82.9 Å². The summed E-state index contributed by atoms with van der Waals surface area (Å²) in [6.45, 7) is 0.0800. The van der Waals surface area contributed by atoms with E-state index in [9.17, 15) is 72.5 Å². The predicted octanol–water partition coefficient (Wildman–Crippen LogP) is -1.63. The average Bonchev–Trinajstić information content (AvgIpc) is 1.68. The number of carboxylic acid groups (broad SMARTS) is 1. The van der Waals surface area contributed by atoms with Crippen molar-refractivity contribution in [1.29, 1.82) is 0 Å². The van der Waals surface area contributed by atoms with Gasteiger partial charge in [0, 0.05) is 92.2 Å². The fraction of sp³-hybridized carbons (Fsp3) is 0.590. The Hall–Kier alpha value is -8.66. The Morgan fingerprint density at radius 2 is 1.23 bits per heavy atom. The summed E-state index contributed by atoms with van der Waals surface area (Å²) < 4.78 is 21.5. The minimum absolute atomic E-state index is 0.00170. The van der Waals surface area contributed by atoms with Crippen LogP contribution in [0.25, 0.3) is 10.9 Å². The van der Waals surface area contributed by atoms with E-state index in [1.165, 1.54) is 0 Å². The molecule has 15 N–H and O–H groups in total. The highest BCUT2D eigenvalue weighted by Crippen LogP contribution is 2.33. The maximum absolute atomic E-state index is 13.8. The van der Waals surface area contributed by atoms with E-state index in [4.69, 9.17) is 24.7 Å². The molecule has 5 rings (SSSR count). The van der Waals surface area contributed by atoms with Crippen LogP contribution in [0.5, 0.6) is 0 Å². The topological polar surface area (TPSA) is 465 Å². The third kappa shape index (κ3) is 28.7. The number of amides is 13.